The Morgan fingerprint density at radius 2 is 1.83 bits per heavy atom. The van der Waals surface area contributed by atoms with Crippen molar-refractivity contribution in [1.82, 2.24) is 15.5 Å². The Balaban J connectivity index is 1.43. The summed E-state index contributed by atoms with van der Waals surface area (Å²) in [5, 5.41) is 15.7. The van der Waals surface area contributed by atoms with Crippen LogP contribution in [0.4, 0.5) is 0 Å². The van der Waals surface area contributed by atoms with Crippen molar-refractivity contribution in [3.05, 3.63) is 70.8 Å². The molecule has 7 heteroatoms. The lowest BCUT2D eigenvalue weighted by molar-refractivity contribution is 0.0656. The highest BCUT2D eigenvalue weighted by Gasteiger charge is 2.35. The Labute approximate surface area is 168 Å². The maximum absolute atomic E-state index is 12.7. The molecule has 2 aromatic carbocycles. The molecule has 2 atom stereocenters. The van der Waals surface area contributed by atoms with Gasteiger partial charge >= 0.3 is 0 Å². The molecule has 0 aliphatic carbocycles. The van der Waals surface area contributed by atoms with E-state index in [1.165, 1.54) is 11.0 Å². The van der Waals surface area contributed by atoms with Gasteiger partial charge in [0.25, 0.3) is 17.7 Å². The third-order valence-electron chi connectivity index (χ3n) is 5.53. The quantitative estimate of drug-likeness (QED) is 0.632. The van der Waals surface area contributed by atoms with Crippen LogP contribution in [0.15, 0.2) is 48.5 Å². The lowest BCUT2D eigenvalue weighted by Gasteiger charge is -2.14. The van der Waals surface area contributed by atoms with E-state index in [0.29, 0.717) is 43.7 Å². The van der Waals surface area contributed by atoms with Crippen molar-refractivity contribution >= 4 is 17.7 Å². The first-order valence-electron chi connectivity index (χ1n) is 9.76. The number of hydrogen-bond donors (Lipinski definition) is 3. The van der Waals surface area contributed by atoms with Crippen molar-refractivity contribution in [1.29, 1.82) is 0 Å². The molecule has 3 N–H and O–H groups in total. The number of amides is 3. The highest BCUT2D eigenvalue weighted by molar-refractivity contribution is 6.22. The summed E-state index contributed by atoms with van der Waals surface area (Å²) in [7, 11) is 0. The number of carbonyl (C=O) groups is 3. The van der Waals surface area contributed by atoms with Gasteiger partial charge < -0.3 is 15.7 Å². The molecule has 0 radical (unpaired) electrons. The highest BCUT2D eigenvalue weighted by Crippen LogP contribution is 2.24. The van der Waals surface area contributed by atoms with Crippen molar-refractivity contribution in [3.8, 4) is 0 Å². The summed E-state index contributed by atoms with van der Waals surface area (Å²) in [4.78, 5) is 39.1. The van der Waals surface area contributed by atoms with Crippen molar-refractivity contribution in [3.63, 3.8) is 0 Å². The summed E-state index contributed by atoms with van der Waals surface area (Å²) in [6, 6.07) is 14.3. The Kier molecular flexibility index (Phi) is 5.42. The standard InChI is InChI=1S/C22H23N3O4/c26-19-13-23-11-16(19)12-24-20(27)15-6-7-17-18(10-15)22(29)25(21(17)28)9-8-14-4-2-1-3-5-14/h1-7,10,16,19,23,26H,8-9,11-13H2,(H,24,27). The molecule has 2 unspecified atom stereocenters. The number of β-amino-alcohol motifs (C(OH)–C–C–N with tert-alkyl or cyclic N) is 1. The van der Waals surface area contributed by atoms with Crippen LogP contribution in [0.5, 0.6) is 0 Å². The van der Waals surface area contributed by atoms with Gasteiger partial charge in [-0.3, -0.25) is 19.3 Å². The van der Waals surface area contributed by atoms with E-state index >= 15 is 0 Å². The molecular weight excluding hydrogens is 370 g/mol. The normalized spacial score (nSPS) is 20.8. The van der Waals surface area contributed by atoms with Gasteiger partial charge in [0.1, 0.15) is 0 Å². The molecule has 2 aliphatic rings. The lowest BCUT2D eigenvalue weighted by Crippen LogP contribution is -2.34. The van der Waals surface area contributed by atoms with E-state index < -0.39 is 6.10 Å². The van der Waals surface area contributed by atoms with Gasteiger partial charge in [-0.25, -0.2) is 0 Å². The molecule has 3 amide bonds. The van der Waals surface area contributed by atoms with Crippen LogP contribution in [-0.4, -0.2) is 60.0 Å². The smallest absolute Gasteiger partial charge is 0.261 e. The SMILES string of the molecule is O=C(NCC1CNCC1O)c1ccc2c(c1)C(=O)N(CCc1ccccc1)C2=O. The molecule has 4 rings (SSSR count). The van der Waals surface area contributed by atoms with E-state index in [1.54, 1.807) is 12.1 Å². The third kappa shape index (κ3) is 3.92. The minimum atomic E-state index is -0.479. The van der Waals surface area contributed by atoms with Crippen LogP contribution in [0, 0.1) is 5.92 Å². The molecule has 2 aliphatic heterocycles. The highest BCUT2D eigenvalue weighted by atomic mass is 16.3. The zero-order valence-corrected chi connectivity index (χ0v) is 15.9. The second-order valence-electron chi connectivity index (χ2n) is 7.45. The van der Waals surface area contributed by atoms with E-state index in [2.05, 4.69) is 10.6 Å². The maximum atomic E-state index is 12.7. The van der Waals surface area contributed by atoms with Gasteiger partial charge in [-0.15, -0.1) is 0 Å². The topological polar surface area (TPSA) is 98.7 Å². The lowest BCUT2D eigenvalue weighted by atomic mass is 10.0. The minimum absolute atomic E-state index is 0.0370. The summed E-state index contributed by atoms with van der Waals surface area (Å²) in [5.74, 6) is -1.06. The van der Waals surface area contributed by atoms with Gasteiger partial charge in [0.15, 0.2) is 0 Å². The van der Waals surface area contributed by atoms with E-state index in [4.69, 9.17) is 0 Å². The zero-order chi connectivity index (χ0) is 20.4. The number of fused-ring (bicyclic) bond motifs is 1. The Morgan fingerprint density at radius 3 is 2.55 bits per heavy atom. The monoisotopic (exact) mass is 393 g/mol. The van der Waals surface area contributed by atoms with Gasteiger partial charge in [-0.2, -0.15) is 0 Å². The molecule has 0 saturated carbocycles. The number of aliphatic hydroxyl groups is 1. The average molecular weight is 393 g/mol. The number of nitrogens with one attached hydrogen (secondary N) is 2. The molecule has 1 saturated heterocycles. The first-order valence-corrected chi connectivity index (χ1v) is 9.76. The molecule has 1 fully saturated rings. The summed E-state index contributed by atoms with van der Waals surface area (Å²) < 4.78 is 0. The number of rotatable bonds is 6. The van der Waals surface area contributed by atoms with E-state index in [9.17, 15) is 19.5 Å². The molecule has 0 bridgehead atoms. The van der Waals surface area contributed by atoms with E-state index in [0.717, 1.165) is 5.56 Å². The molecule has 29 heavy (non-hydrogen) atoms. The molecule has 0 spiro atoms. The molecule has 0 aromatic heterocycles. The zero-order valence-electron chi connectivity index (χ0n) is 15.9. The van der Waals surface area contributed by atoms with Gasteiger partial charge in [-0.05, 0) is 30.2 Å². The van der Waals surface area contributed by atoms with Gasteiger partial charge in [0.05, 0.1) is 17.2 Å². The molecular formula is C22H23N3O4. The number of carbonyl (C=O) groups excluding carboxylic acids is 3. The predicted octanol–water partition coefficient (Wildman–Crippen LogP) is 0.835. The van der Waals surface area contributed by atoms with Crippen LogP contribution in [0.25, 0.3) is 0 Å². The van der Waals surface area contributed by atoms with Crippen molar-refractivity contribution in [2.24, 2.45) is 5.92 Å². The van der Waals surface area contributed by atoms with Crippen molar-refractivity contribution in [2.75, 3.05) is 26.2 Å². The first kappa shape index (κ1) is 19.3. The Hall–Kier alpha value is -3.03. The average Bonchev–Trinajstić information content (AvgIpc) is 3.26. The summed E-state index contributed by atoms with van der Waals surface area (Å²) in [6.45, 7) is 1.81. The van der Waals surface area contributed by atoms with Crippen LogP contribution in [0.3, 0.4) is 0 Å². The molecule has 7 nitrogen and oxygen atoms in total. The van der Waals surface area contributed by atoms with Crippen molar-refractivity contribution in [2.45, 2.75) is 12.5 Å². The second-order valence-corrected chi connectivity index (χ2v) is 7.45. The first-order chi connectivity index (χ1) is 14.0. The minimum Gasteiger partial charge on any atom is -0.391 e. The van der Waals surface area contributed by atoms with Crippen LogP contribution < -0.4 is 10.6 Å². The van der Waals surface area contributed by atoms with Crippen LogP contribution in [-0.2, 0) is 6.42 Å². The van der Waals surface area contributed by atoms with Crippen LogP contribution in [0.1, 0.15) is 36.6 Å². The fourth-order valence-electron chi connectivity index (χ4n) is 3.77. The number of hydrogen-bond acceptors (Lipinski definition) is 5. The number of benzene rings is 2. The van der Waals surface area contributed by atoms with E-state index in [-0.39, 0.29) is 29.2 Å². The number of imide groups is 1. The Morgan fingerprint density at radius 1 is 1.07 bits per heavy atom. The molecule has 150 valence electrons. The van der Waals surface area contributed by atoms with Crippen LogP contribution >= 0.6 is 0 Å². The third-order valence-corrected chi connectivity index (χ3v) is 5.53. The molecule has 2 aromatic rings. The van der Waals surface area contributed by atoms with Gasteiger partial charge in [0, 0.05) is 37.7 Å². The van der Waals surface area contributed by atoms with E-state index in [1.807, 2.05) is 30.3 Å². The van der Waals surface area contributed by atoms with Gasteiger partial charge in [-0.1, -0.05) is 30.3 Å². The summed E-state index contributed by atoms with van der Waals surface area (Å²) >= 11 is 0. The predicted molar refractivity (Wildman–Crippen MR) is 107 cm³/mol. The summed E-state index contributed by atoms with van der Waals surface area (Å²) in [6.07, 6.45) is 0.102. The largest absolute Gasteiger partial charge is 0.391 e. The second kappa shape index (κ2) is 8.14. The Bertz CT molecular complexity index is 944. The number of nitrogens with zero attached hydrogens (tertiary/aromatic N) is 1. The van der Waals surface area contributed by atoms with Crippen molar-refractivity contribution < 1.29 is 19.5 Å². The maximum Gasteiger partial charge on any atom is 0.261 e. The van der Waals surface area contributed by atoms with Crippen LogP contribution in [0.2, 0.25) is 0 Å². The van der Waals surface area contributed by atoms with Gasteiger partial charge in [0.2, 0.25) is 0 Å². The fourth-order valence-corrected chi connectivity index (χ4v) is 3.77. The number of aliphatic hydroxyl groups excluding tert-OH is 1. The summed E-state index contributed by atoms with van der Waals surface area (Å²) in [5.41, 5.74) is 1.97. The fraction of sp³-hybridized carbons (Fsp3) is 0.318. The molecule has 2 heterocycles.